The molecule has 0 aromatic rings. The molecule has 0 amide bonds. The van der Waals surface area contributed by atoms with Gasteiger partial charge in [0.25, 0.3) is 0 Å². The van der Waals surface area contributed by atoms with E-state index in [0.29, 0.717) is 12.0 Å². The van der Waals surface area contributed by atoms with Crippen LogP contribution in [0.3, 0.4) is 0 Å². The maximum absolute atomic E-state index is 5.48. The van der Waals surface area contributed by atoms with E-state index in [9.17, 15) is 0 Å². The van der Waals surface area contributed by atoms with Crippen LogP contribution in [0.2, 0.25) is 0 Å². The van der Waals surface area contributed by atoms with E-state index in [0.717, 1.165) is 51.9 Å². The smallest absolute Gasteiger partial charge is 0.193 e. The van der Waals surface area contributed by atoms with E-state index < -0.39 is 0 Å². The first-order chi connectivity index (χ1) is 11.8. The van der Waals surface area contributed by atoms with Gasteiger partial charge in [-0.05, 0) is 38.3 Å². The molecule has 3 aliphatic rings. The lowest BCUT2D eigenvalue weighted by molar-refractivity contribution is 0.0195. The SMILES string of the molecule is CN=C(NCC(C)CN1CCCC1)N1CCC(N2CCOCC2)C1.I. The summed E-state index contributed by atoms with van der Waals surface area (Å²) in [5.41, 5.74) is 0. The predicted molar refractivity (Wildman–Crippen MR) is 114 cm³/mol. The molecule has 2 atom stereocenters. The number of aliphatic imine (C=N–C) groups is 1. The highest BCUT2D eigenvalue weighted by molar-refractivity contribution is 14.0. The van der Waals surface area contributed by atoms with Gasteiger partial charge in [0.05, 0.1) is 13.2 Å². The monoisotopic (exact) mass is 465 g/mol. The van der Waals surface area contributed by atoms with Crippen LogP contribution in [0.5, 0.6) is 0 Å². The van der Waals surface area contributed by atoms with Crippen LogP contribution in [0.15, 0.2) is 4.99 Å². The van der Waals surface area contributed by atoms with Crippen LogP contribution in [0, 0.1) is 5.92 Å². The highest BCUT2D eigenvalue weighted by atomic mass is 127. The second-order valence-corrected chi connectivity index (χ2v) is 7.58. The van der Waals surface area contributed by atoms with Crippen molar-refractivity contribution < 1.29 is 4.74 Å². The molecule has 0 bridgehead atoms. The van der Waals surface area contributed by atoms with Gasteiger partial charge in [0.2, 0.25) is 0 Å². The molecular formula is C18H36IN5O. The Balaban J connectivity index is 0.00000225. The molecule has 3 rings (SSSR count). The Labute approximate surface area is 170 Å². The van der Waals surface area contributed by atoms with Crippen LogP contribution in [-0.2, 0) is 4.74 Å². The van der Waals surface area contributed by atoms with E-state index in [4.69, 9.17) is 4.74 Å². The molecule has 7 heteroatoms. The third-order valence-electron chi connectivity index (χ3n) is 5.61. The van der Waals surface area contributed by atoms with Crippen LogP contribution in [0.4, 0.5) is 0 Å². The van der Waals surface area contributed by atoms with Crippen LogP contribution in [0.25, 0.3) is 0 Å². The van der Waals surface area contributed by atoms with Crippen molar-refractivity contribution in [1.29, 1.82) is 0 Å². The molecule has 0 aliphatic carbocycles. The Bertz CT molecular complexity index is 410. The summed E-state index contributed by atoms with van der Waals surface area (Å²) in [6.45, 7) is 13.3. The Kier molecular flexibility index (Phi) is 9.23. The third kappa shape index (κ3) is 6.22. The minimum Gasteiger partial charge on any atom is -0.379 e. The van der Waals surface area contributed by atoms with Gasteiger partial charge in [-0.2, -0.15) is 0 Å². The number of halogens is 1. The fraction of sp³-hybridized carbons (Fsp3) is 0.944. The molecule has 0 aromatic carbocycles. The summed E-state index contributed by atoms with van der Waals surface area (Å²) in [6, 6.07) is 0.662. The van der Waals surface area contributed by atoms with Crippen molar-refractivity contribution >= 4 is 29.9 Å². The second kappa shape index (κ2) is 10.9. The first-order valence-corrected chi connectivity index (χ1v) is 9.76. The molecule has 6 nitrogen and oxygen atoms in total. The lowest BCUT2D eigenvalue weighted by atomic mass is 10.1. The standard InChI is InChI=1S/C18H35N5O.HI/c1-16(14-21-6-3-4-7-21)13-20-18(19-2)23-8-5-17(15-23)22-9-11-24-12-10-22;/h16-17H,3-15H2,1-2H3,(H,19,20);1H. The lowest BCUT2D eigenvalue weighted by Gasteiger charge is -2.32. The molecule has 3 aliphatic heterocycles. The first-order valence-electron chi connectivity index (χ1n) is 9.76. The summed E-state index contributed by atoms with van der Waals surface area (Å²) in [6.07, 6.45) is 3.99. The van der Waals surface area contributed by atoms with Crippen molar-refractivity contribution in [1.82, 2.24) is 20.0 Å². The van der Waals surface area contributed by atoms with Gasteiger partial charge in [0.15, 0.2) is 5.96 Å². The largest absolute Gasteiger partial charge is 0.379 e. The summed E-state index contributed by atoms with van der Waals surface area (Å²) in [7, 11) is 1.91. The number of guanidine groups is 1. The Morgan fingerprint density at radius 3 is 2.56 bits per heavy atom. The molecule has 1 N–H and O–H groups in total. The average molecular weight is 465 g/mol. The number of rotatable bonds is 5. The second-order valence-electron chi connectivity index (χ2n) is 7.58. The maximum atomic E-state index is 5.48. The first kappa shape index (κ1) is 21.2. The fourth-order valence-electron chi connectivity index (χ4n) is 4.24. The molecule has 0 aromatic heterocycles. The minimum atomic E-state index is 0. The number of nitrogens with zero attached hydrogens (tertiary/aromatic N) is 4. The number of likely N-dealkylation sites (tertiary alicyclic amines) is 2. The van der Waals surface area contributed by atoms with E-state index in [1.165, 1.54) is 38.9 Å². The van der Waals surface area contributed by atoms with Crippen molar-refractivity contribution in [2.24, 2.45) is 10.9 Å². The number of hydrogen-bond acceptors (Lipinski definition) is 4. The van der Waals surface area contributed by atoms with Crippen molar-refractivity contribution in [2.75, 3.05) is 72.6 Å². The summed E-state index contributed by atoms with van der Waals surface area (Å²) in [5, 5.41) is 3.61. The van der Waals surface area contributed by atoms with Crippen molar-refractivity contribution in [2.45, 2.75) is 32.2 Å². The third-order valence-corrected chi connectivity index (χ3v) is 5.61. The van der Waals surface area contributed by atoms with Crippen LogP contribution >= 0.6 is 24.0 Å². The van der Waals surface area contributed by atoms with Gasteiger partial charge in [0.1, 0.15) is 0 Å². The summed E-state index contributed by atoms with van der Waals surface area (Å²) >= 11 is 0. The van der Waals surface area contributed by atoms with Crippen molar-refractivity contribution in [3.63, 3.8) is 0 Å². The van der Waals surface area contributed by atoms with Crippen LogP contribution in [0.1, 0.15) is 26.2 Å². The van der Waals surface area contributed by atoms with E-state index in [-0.39, 0.29) is 24.0 Å². The minimum absolute atomic E-state index is 0. The van der Waals surface area contributed by atoms with E-state index in [1.807, 2.05) is 7.05 Å². The summed E-state index contributed by atoms with van der Waals surface area (Å²) in [4.78, 5) is 12.1. The van der Waals surface area contributed by atoms with Gasteiger partial charge in [-0.15, -0.1) is 24.0 Å². The molecule has 0 saturated carbocycles. The van der Waals surface area contributed by atoms with E-state index in [2.05, 4.69) is 31.9 Å². The number of nitrogens with one attached hydrogen (secondary N) is 1. The number of morpholine rings is 1. The quantitative estimate of drug-likeness (QED) is 0.377. The molecular weight excluding hydrogens is 429 g/mol. The van der Waals surface area contributed by atoms with Gasteiger partial charge in [-0.3, -0.25) is 9.89 Å². The number of hydrogen-bond donors (Lipinski definition) is 1. The zero-order valence-electron chi connectivity index (χ0n) is 16.0. The van der Waals surface area contributed by atoms with Crippen molar-refractivity contribution in [3.05, 3.63) is 0 Å². The summed E-state index contributed by atoms with van der Waals surface area (Å²) < 4.78 is 5.48. The van der Waals surface area contributed by atoms with Gasteiger partial charge < -0.3 is 19.9 Å². The zero-order valence-corrected chi connectivity index (χ0v) is 18.3. The molecule has 3 heterocycles. The Morgan fingerprint density at radius 1 is 1.16 bits per heavy atom. The van der Waals surface area contributed by atoms with Crippen LogP contribution in [-0.4, -0.2) is 99.3 Å². The highest BCUT2D eigenvalue weighted by Gasteiger charge is 2.30. The zero-order chi connectivity index (χ0) is 16.8. The average Bonchev–Trinajstić information content (AvgIpc) is 3.28. The Hall–Kier alpha value is -0.120. The number of ether oxygens (including phenoxy) is 1. The van der Waals surface area contributed by atoms with E-state index >= 15 is 0 Å². The maximum Gasteiger partial charge on any atom is 0.193 e. The molecule has 3 fully saturated rings. The predicted octanol–water partition coefficient (Wildman–Crippen LogP) is 1.32. The fourth-order valence-corrected chi connectivity index (χ4v) is 4.24. The molecule has 3 saturated heterocycles. The van der Waals surface area contributed by atoms with E-state index in [1.54, 1.807) is 0 Å². The van der Waals surface area contributed by atoms with Gasteiger partial charge in [0, 0.05) is 52.4 Å². The topological polar surface area (TPSA) is 43.3 Å². The normalized spacial score (nSPS) is 27.4. The van der Waals surface area contributed by atoms with Gasteiger partial charge >= 0.3 is 0 Å². The molecule has 146 valence electrons. The molecule has 0 radical (unpaired) electrons. The van der Waals surface area contributed by atoms with Gasteiger partial charge in [-0.25, -0.2) is 0 Å². The van der Waals surface area contributed by atoms with Gasteiger partial charge in [-0.1, -0.05) is 6.92 Å². The highest BCUT2D eigenvalue weighted by Crippen LogP contribution is 2.17. The van der Waals surface area contributed by atoms with Crippen molar-refractivity contribution in [3.8, 4) is 0 Å². The molecule has 25 heavy (non-hydrogen) atoms. The summed E-state index contributed by atoms with van der Waals surface area (Å²) in [5.74, 6) is 1.75. The van der Waals surface area contributed by atoms with Crippen LogP contribution < -0.4 is 5.32 Å². The Morgan fingerprint density at radius 2 is 1.88 bits per heavy atom. The molecule has 0 spiro atoms. The molecule has 2 unspecified atom stereocenters. The lowest BCUT2D eigenvalue weighted by Crippen LogP contribution is -2.47.